The van der Waals surface area contributed by atoms with Crippen molar-refractivity contribution in [2.24, 2.45) is 0 Å². The van der Waals surface area contributed by atoms with Crippen molar-refractivity contribution in [1.29, 1.82) is 0 Å². The highest BCUT2D eigenvalue weighted by molar-refractivity contribution is 6.03. The Labute approximate surface area is 192 Å². The monoisotopic (exact) mass is 451 g/mol. The lowest BCUT2D eigenvalue weighted by Crippen LogP contribution is -2.64. The Morgan fingerprint density at radius 2 is 1.94 bits per heavy atom. The lowest BCUT2D eigenvalue weighted by atomic mass is 9.93. The Balaban J connectivity index is 1.53. The predicted molar refractivity (Wildman–Crippen MR) is 123 cm³/mol. The minimum atomic E-state index is -1.13. The fourth-order valence-corrected chi connectivity index (χ4v) is 5.29. The molecule has 1 saturated carbocycles. The van der Waals surface area contributed by atoms with Crippen LogP contribution in [0.25, 0.3) is 11.1 Å². The van der Waals surface area contributed by atoms with Gasteiger partial charge in [-0.3, -0.25) is 9.59 Å². The lowest BCUT2D eigenvalue weighted by Gasteiger charge is -2.44. The minimum Gasteiger partial charge on any atom is -0.460 e. The van der Waals surface area contributed by atoms with Crippen LogP contribution in [0.5, 0.6) is 0 Å². The summed E-state index contributed by atoms with van der Waals surface area (Å²) in [4.78, 5) is 29.1. The number of amides is 2. The Hall–Kier alpha value is -3.09. The highest BCUT2D eigenvalue weighted by atomic mass is 19.1. The van der Waals surface area contributed by atoms with Gasteiger partial charge in [0.25, 0.3) is 5.91 Å². The number of aryl methyl sites for hydroxylation is 1. The van der Waals surface area contributed by atoms with E-state index in [9.17, 15) is 14.0 Å². The van der Waals surface area contributed by atoms with Crippen molar-refractivity contribution in [1.82, 2.24) is 14.8 Å². The molecule has 5 rings (SSSR count). The second-order valence-corrected chi connectivity index (χ2v) is 9.68. The van der Waals surface area contributed by atoms with Gasteiger partial charge in [-0.2, -0.15) is 0 Å². The third-order valence-corrected chi connectivity index (χ3v) is 7.15. The molecule has 2 aromatic heterocycles. The van der Waals surface area contributed by atoms with E-state index in [2.05, 4.69) is 5.32 Å². The van der Waals surface area contributed by atoms with Crippen molar-refractivity contribution in [2.45, 2.75) is 77.0 Å². The molecule has 0 bridgehead atoms. The zero-order valence-electron chi connectivity index (χ0n) is 19.2. The summed E-state index contributed by atoms with van der Waals surface area (Å²) >= 11 is 0. The summed E-state index contributed by atoms with van der Waals surface area (Å²) < 4.78 is 21.5. The van der Waals surface area contributed by atoms with Gasteiger partial charge in [0.2, 0.25) is 5.91 Å². The second kappa shape index (κ2) is 8.36. The molecular formula is C26H30FN3O3. The minimum absolute atomic E-state index is 0.116. The maximum absolute atomic E-state index is 13.9. The first-order chi connectivity index (χ1) is 15.8. The van der Waals surface area contributed by atoms with Gasteiger partial charge in [0.15, 0.2) is 5.58 Å². The highest BCUT2D eigenvalue weighted by Crippen LogP contribution is 2.35. The van der Waals surface area contributed by atoms with Crippen molar-refractivity contribution in [3.8, 4) is 0 Å². The maximum Gasteiger partial charge on any atom is 0.271 e. The number of fused-ring (bicyclic) bond motifs is 3. The Morgan fingerprint density at radius 1 is 1.18 bits per heavy atom. The largest absolute Gasteiger partial charge is 0.460 e. The van der Waals surface area contributed by atoms with Crippen LogP contribution in [0, 0.1) is 12.7 Å². The number of benzene rings is 1. The summed E-state index contributed by atoms with van der Waals surface area (Å²) in [5, 5.41) is 3.25. The van der Waals surface area contributed by atoms with Gasteiger partial charge in [-0.1, -0.05) is 37.8 Å². The molecule has 3 heterocycles. The zero-order chi connectivity index (χ0) is 23.2. The van der Waals surface area contributed by atoms with Crippen LogP contribution in [0.4, 0.5) is 4.39 Å². The SMILES string of the molecule is Cc1cc2c(cc3n2CC(C)(C(=O)NC2CCCCCC2)N(Cc2cccc(F)c2)C3=O)o1. The standard InChI is InChI=1S/C26H30FN3O3/c1-17-12-21-23(33-17)14-22-24(31)30(15-18-8-7-9-19(27)13-18)26(2,16-29(21)22)25(32)28-20-10-5-3-4-6-11-20/h7-9,12-14,20H,3-6,10-11,15-16H2,1-2H3,(H,28,32). The molecule has 7 heteroatoms. The van der Waals surface area contributed by atoms with Crippen LogP contribution in [0.3, 0.4) is 0 Å². The summed E-state index contributed by atoms with van der Waals surface area (Å²) in [6, 6.07) is 9.96. The summed E-state index contributed by atoms with van der Waals surface area (Å²) in [5.41, 5.74) is 1.46. The Kier molecular flexibility index (Phi) is 5.51. The summed E-state index contributed by atoms with van der Waals surface area (Å²) in [6.07, 6.45) is 6.50. The molecule has 1 N–H and O–H groups in total. The molecule has 1 atom stereocenters. The molecular weight excluding hydrogens is 421 g/mol. The van der Waals surface area contributed by atoms with E-state index in [0.29, 0.717) is 23.4 Å². The third-order valence-electron chi connectivity index (χ3n) is 7.15. The van der Waals surface area contributed by atoms with Crippen LogP contribution in [-0.4, -0.2) is 32.9 Å². The first-order valence-electron chi connectivity index (χ1n) is 11.8. The third kappa shape index (κ3) is 3.94. The van der Waals surface area contributed by atoms with Crippen molar-refractivity contribution in [2.75, 3.05) is 0 Å². The molecule has 174 valence electrons. The first-order valence-corrected chi connectivity index (χ1v) is 11.8. The summed E-state index contributed by atoms with van der Waals surface area (Å²) in [7, 11) is 0. The van der Waals surface area contributed by atoms with Gasteiger partial charge in [-0.05, 0) is 44.4 Å². The average molecular weight is 452 g/mol. The molecule has 1 unspecified atom stereocenters. The number of hydrogen-bond donors (Lipinski definition) is 1. The number of hydrogen-bond acceptors (Lipinski definition) is 3. The normalized spacial score (nSPS) is 21.8. The molecule has 0 saturated heterocycles. The number of furan rings is 1. The average Bonchev–Trinajstić information content (AvgIpc) is 3.16. The number of halogens is 1. The van der Waals surface area contributed by atoms with E-state index in [1.165, 1.54) is 25.0 Å². The molecule has 6 nitrogen and oxygen atoms in total. The molecule has 0 spiro atoms. The molecule has 1 aliphatic heterocycles. The highest BCUT2D eigenvalue weighted by Gasteiger charge is 2.48. The number of carbonyl (C=O) groups is 2. The zero-order valence-corrected chi connectivity index (χ0v) is 19.2. The van der Waals surface area contributed by atoms with Gasteiger partial charge in [0, 0.05) is 24.7 Å². The topological polar surface area (TPSA) is 67.5 Å². The Morgan fingerprint density at radius 3 is 2.67 bits per heavy atom. The number of aromatic nitrogens is 1. The number of rotatable bonds is 4. The van der Waals surface area contributed by atoms with Gasteiger partial charge in [0.1, 0.15) is 22.8 Å². The molecule has 1 aromatic carbocycles. The maximum atomic E-state index is 13.9. The molecule has 2 amide bonds. The molecule has 2 aliphatic rings. The van der Waals surface area contributed by atoms with Crippen LogP contribution in [-0.2, 0) is 17.9 Å². The van der Waals surface area contributed by atoms with E-state index in [1.54, 1.807) is 23.1 Å². The van der Waals surface area contributed by atoms with Gasteiger partial charge in [-0.15, -0.1) is 0 Å². The van der Waals surface area contributed by atoms with E-state index in [-0.39, 0.29) is 30.2 Å². The van der Waals surface area contributed by atoms with Crippen LogP contribution in [0.15, 0.2) is 40.8 Å². The summed E-state index contributed by atoms with van der Waals surface area (Å²) in [6.45, 7) is 4.14. The van der Waals surface area contributed by atoms with Gasteiger partial charge < -0.3 is 19.2 Å². The van der Waals surface area contributed by atoms with Crippen molar-refractivity contribution in [3.05, 3.63) is 59.2 Å². The van der Waals surface area contributed by atoms with Crippen LogP contribution in [0.1, 0.15) is 67.3 Å². The van der Waals surface area contributed by atoms with E-state index in [1.807, 2.05) is 24.5 Å². The molecule has 1 aliphatic carbocycles. The smallest absolute Gasteiger partial charge is 0.271 e. The van der Waals surface area contributed by atoms with Gasteiger partial charge in [0.05, 0.1) is 12.1 Å². The fourth-order valence-electron chi connectivity index (χ4n) is 5.29. The van der Waals surface area contributed by atoms with E-state index in [0.717, 1.165) is 37.0 Å². The van der Waals surface area contributed by atoms with Crippen LogP contribution in [0.2, 0.25) is 0 Å². The van der Waals surface area contributed by atoms with E-state index in [4.69, 9.17) is 4.42 Å². The molecule has 33 heavy (non-hydrogen) atoms. The fraction of sp³-hybridized carbons (Fsp3) is 0.462. The quantitative estimate of drug-likeness (QED) is 0.572. The Bertz CT molecular complexity index is 1200. The van der Waals surface area contributed by atoms with Crippen molar-refractivity contribution >= 4 is 22.9 Å². The number of nitrogens with zero attached hydrogens (tertiary/aromatic N) is 2. The van der Waals surface area contributed by atoms with Gasteiger partial charge in [-0.25, -0.2) is 4.39 Å². The first kappa shape index (κ1) is 21.7. The molecule has 0 radical (unpaired) electrons. The van der Waals surface area contributed by atoms with E-state index >= 15 is 0 Å². The van der Waals surface area contributed by atoms with Crippen molar-refractivity contribution in [3.63, 3.8) is 0 Å². The molecule has 1 fully saturated rings. The van der Waals surface area contributed by atoms with E-state index < -0.39 is 5.54 Å². The molecule has 3 aromatic rings. The van der Waals surface area contributed by atoms with Crippen LogP contribution < -0.4 is 5.32 Å². The summed E-state index contributed by atoms with van der Waals surface area (Å²) in [5.74, 6) is -0.0209. The van der Waals surface area contributed by atoms with Crippen LogP contribution >= 0.6 is 0 Å². The number of nitrogens with one attached hydrogen (secondary N) is 1. The lowest BCUT2D eigenvalue weighted by molar-refractivity contribution is -0.134. The second-order valence-electron chi connectivity index (χ2n) is 9.68. The van der Waals surface area contributed by atoms with Gasteiger partial charge >= 0.3 is 0 Å². The number of carbonyl (C=O) groups excluding carboxylic acids is 2. The predicted octanol–water partition coefficient (Wildman–Crippen LogP) is 4.94. The van der Waals surface area contributed by atoms with Crippen molar-refractivity contribution < 1.29 is 18.4 Å².